The molecule has 3 aliphatic rings. The fraction of sp³-hybridized carbons (Fsp3) is 0.500. The number of benzene rings is 2. The Balaban J connectivity index is 1.66. The van der Waals surface area contributed by atoms with E-state index in [2.05, 4.69) is 0 Å². The van der Waals surface area contributed by atoms with Crippen molar-refractivity contribution in [1.29, 1.82) is 0 Å². The topological polar surface area (TPSA) is 113 Å². The molecule has 0 radical (unpaired) electrons. The third kappa shape index (κ3) is 4.81. The van der Waals surface area contributed by atoms with Gasteiger partial charge in [-0.1, -0.05) is 0 Å². The molecule has 0 spiro atoms. The van der Waals surface area contributed by atoms with Gasteiger partial charge in [0.25, 0.3) is 0 Å². The van der Waals surface area contributed by atoms with Gasteiger partial charge in [0.2, 0.25) is 0 Å². The number of hydrogen-bond acceptors (Lipinski definition) is 7. The fourth-order valence-corrected chi connectivity index (χ4v) is 9.82. The van der Waals surface area contributed by atoms with E-state index in [9.17, 15) is 58.1 Å². The Morgan fingerprint density at radius 1 is 0.977 bits per heavy atom. The van der Waals surface area contributed by atoms with Crippen LogP contribution in [0.1, 0.15) is 36.5 Å². The van der Waals surface area contributed by atoms with Crippen molar-refractivity contribution in [3.63, 3.8) is 0 Å². The average molecular weight is 680 g/mol. The standard InChI is InChI=1S/C26H26F8NO7PS/c1-22(13-41-43(37,38)42-14-22)21(36)35-11-10-23(44(39,40)18-6-4-17(27)5-7-18)19-8-3-16(12-15(19)2-9-20(23)35)24(28,25(29,30)31)26(32,33)34/h3-8,12,20,37-38,43H,2,9-11,13-14H2,1H3/t20-,23-/m1/s1. The van der Waals surface area contributed by atoms with Gasteiger partial charge < -0.3 is 0 Å². The summed E-state index contributed by atoms with van der Waals surface area (Å²) in [5.74, 6) is -1.49. The molecule has 2 aromatic carbocycles. The summed E-state index contributed by atoms with van der Waals surface area (Å²) in [6.07, 6.45) is -13.7. The molecule has 2 atom stereocenters. The fourth-order valence-electron chi connectivity index (χ4n) is 6.36. The van der Waals surface area contributed by atoms with Crippen LogP contribution in [-0.4, -0.2) is 67.2 Å². The number of fused-ring (bicyclic) bond motifs is 3. The van der Waals surface area contributed by atoms with Gasteiger partial charge in [0.05, 0.1) is 0 Å². The van der Waals surface area contributed by atoms with Crippen LogP contribution in [0.25, 0.3) is 0 Å². The maximum atomic E-state index is 15.0. The quantitative estimate of drug-likeness (QED) is 0.272. The summed E-state index contributed by atoms with van der Waals surface area (Å²) < 4.78 is 146. The van der Waals surface area contributed by atoms with Crippen LogP contribution in [0.5, 0.6) is 0 Å². The van der Waals surface area contributed by atoms with Crippen molar-refractivity contribution in [3.05, 3.63) is 65.0 Å². The first-order chi connectivity index (χ1) is 20.1. The van der Waals surface area contributed by atoms with E-state index in [1.807, 2.05) is 0 Å². The monoisotopic (exact) mass is 679 g/mol. The predicted octanol–water partition coefficient (Wildman–Crippen LogP) is 4.78. The van der Waals surface area contributed by atoms with Crippen molar-refractivity contribution >= 4 is 23.9 Å². The van der Waals surface area contributed by atoms with E-state index in [1.165, 1.54) is 11.8 Å². The first kappa shape index (κ1) is 32.9. The van der Waals surface area contributed by atoms with Gasteiger partial charge in [-0.25, -0.2) is 8.78 Å². The van der Waals surface area contributed by atoms with Crippen molar-refractivity contribution in [2.45, 2.75) is 59.9 Å². The first-order valence-corrected chi connectivity index (χ1v) is 16.3. The Hall–Kier alpha value is -2.43. The summed E-state index contributed by atoms with van der Waals surface area (Å²) in [6.45, 7) is 0.129. The van der Waals surface area contributed by atoms with Gasteiger partial charge in [0, 0.05) is 0 Å². The average Bonchev–Trinajstić information content (AvgIpc) is 3.34. The second-order valence-electron chi connectivity index (χ2n) is 11.4. The van der Waals surface area contributed by atoms with Crippen LogP contribution < -0.4 is 0 Å². The Bertz CT molecular complexity index is 1560. The van der Waals surface area contributed by atoms with Gasteiger partial charge in [0.1, 0.15) is 0 Å². The van der Waals surface area contributed by atoms with E-state index in [1.54, 1.807) is 0 Å². The van der Waals surface area contributed by atoms with Crippen molar-refractivity contribution in [2.75, 3.05) is 19.8 Å². The molecule has 8 nitrogen and oxygen atoms in total. The van der Waals surface area contributed by atoms with Gasteiger partial charge in [-0.2, -0.15) is 26.3 Å². The van der Waals surface area contributed by atoms with E-state index in [-0.39, 0.29) is 43.0 Å². The third-order valence-corrected chi connectivity index (χ3v) is 12.2. The minimum atomic E-state index is -6.39. The van der Waals surface area contributed by atoms with Crippen LogP contribution >= 0.6 is 8.17 Å². The van der Waals surface area contributed by atoms with Gasteiger partial charge in [-0.15, -0.1) is 0 Å². The number of carbonyl (C=O) groups excluding carboxylic acids is 1. The number of alkyl halides is 7. The normalized spacial score (nSPS) is 28.2. The van der Waals surface area contributed by atoms with Crippen LogP contribution in [0.3, 0.4) is 0 Å². The molecule has 244 valence electrons. The molecule has 44 heavy (non-hydrogen) atoms. The molecule has 0 aromatic heterocycles. The van der Waals surface area contributed by atoms with Crippen LogP contribution in [0.4, 0.5) is 35.1 Å². The molecule has 0 saturated carbocycles. The number of carbonyl (C=O) groups is 1. The number of aryl methyl sites for hydroxylation is 1. The second kappa shape index (κ2) is 10.3. The number of hydrogen-bond donors (Lipinski definition) is 2. The molecule has 2 aromatic rings. The zero-order valence-electron chi connectivity index (χ0n) is 22.7. The van der Waals surface area contributed by atoms with Crippen LogP contribution in [0.15, 0.2) is 47.4 Å². The van der Waals surface area contributed by atoms with E-state index >= 15 is 0 Å². The van der Waals surface area contributed by atoms with Gasteiger partial charge in [0.15, 0.2) is 0 Å². The zero-order chi connectivity index (χ0) is 32.7. The molecule has 1 amide bonds. The summed E-state index contributed by atoms with van der Waals surface area (Å²) >= 11 is 0. The molecular formula is C26H26F8NO7PS. The minimum absolute atomic E-state index is 0.220. The van der Waals surface area contributed by atoms with E-state index < -0.39 is 87.6 Å². The number of rotatable bonds is 4. The van der Waals surface area contributed by atoms with Gasteiger partial charge >= 0.3 is 211 Å². The van der Waals surface area contributed by atoms with Crippen molar-refractivity contribution < 1.29 is 67.2 Å². The Kier molecular flexibility index (Phi) is 7.71. The number of nitrogens with zero attached hydrogens (tertiary/aromatic N) is 1. The molecule has 18 heteroatoms. The summed E-state index contributed by atoms with van der Waals surface area (Å²) in [4.78, 5) is 34.0. The molecule has 2 fully saturated rings. The van der Waals surface area contributed by atoms with Gasteiger partial charge in [-0.3, -0.25) is 0 Å². The third-order valence-electron chi connectivity index (χ3n) is 8.60. The van der Waals surface area contributed by atoms with E-state index in [4.69, 9.17) is 9.05 Å². The molecule has 0 unspecified atom stereocenters. The summed E-state index contributed by atoms with van der Waals surface area (Å²) in [5.41, 5.74) is -9.56. The van der Waals surface area contributed by atoms with Crippen molar-refractivity contribution in [3.8, 4) is 0 Å². The van der Waals surface area contributed by atoms with Crippen LogP contribution in [-0.2, 0) is 40.5 Å². The SMILES string of the molecule is CC1(C(=O)N2CC[C@@]3(S(=O)(=O)c4ccc(F)cc4)c4ccc(C(F)(C(F)(F)F)C(F)(F)F)cc4CC[C@@H]23)CO[PH](O)(O)OC1. The second-order valence-corrected chi connectivity index (χ2v) is 15.2. The van der Waals surface area contributed by atoms with E-state index in [0.717, 1.165) is 24.3 Å². The number of amides is 1. The number of likely N-dealkylation sites (tertiary alicyclic amines) is 1. The summed E-state index contributed by atoms with van der Waals surface area (Å²) in [7, 11) is -9.14. The van der Waals surface area contributed by atoms with Crippen LogP contribution in [0.2, 0.25) is 0 Å². The number of sulfone groups is 1. The molecule has 2 saturated heterocycles. The van der Waals surface area contributed by atoms with Crippen LogP contribution in [0, 0.1) is 11.2 Å². The zero-order valence-corrected chi connectivity index (χ0v) is 24.5. The Morgan fingerprint density at radius 2 is 1.55 bits per heavy atom. The first-order valence-electron chi connectivity index (χ1n) is 13.1. The molecule has 1 aliphatic carbocycles. The molecule has 2 N–H and O–H groups in total. The van der Waals surface area contributed by atoms with Crippen molar-refractivity contribution in [1.82, 2.24) is 4.90 Å². The molecule has 0 bridgehead atoms. The predicted molar refractivity (Wildman–Crippen MR) is 138 cm³/mol. The maximum absolute atomic E-state index is 15.0. The van der Waals surface area contributed by atoms with Gasteiger partial charge in [-0.05, 0) is 0 Å². The molecule has 2 heterocycles. The summed E-state index contributed by atoms with van der Waals surface area (Å²) in [6, 6.07) is 3.68. The molecule has 2 aliphatic heterocycles. The van der Waals surface area contributed by atoms with Crippen molar-refractivity contribution in [2.24, 2.45) is 5.41 Å². The molecule has 5 rings (SSSR count). The molecular weight excluding hydrogens is 653 g/mol. The number of halogens is 8. The Labute approximate surface area is 246 Å². The Morgan fingerprint density at radius 3 is 2.09 bits per heavy atom. The van der Waals surface area contributed by atoms with E-state index in [0.29, 0.717) is 12.1 Å². The summed E-state index contributed by atoms with van der Waals surface area (Å²) in [5, 5.41) is 0.